The number of hydrogen-bond donors (Lipinski definition) is 0. The van der Waals surface area contributed by atoms with Crippen LogP contribution in [0.15, 0.2) is 91.0 Å². The van der Waals surface area contributed by atoms with Crippen LogP contribution >= 0.6 is 23.2 Å². The van der Waals surface area contributed by atoms with Gasteiger partial charge in [0.25, 0.3) is 0 Å². The molecule has 0 amide bonds. The summed E-state index contributed by atoms with van der Waals surface area (Å²) >= 11 is 12.6. The minimum Gasteiger partial charge on any atom is -0.423 e. The van der Waals surface area contributed by atoms with Crippen LogP contribution in [0.1, 0.15) is 46.5 Å². The van der Waals surface area contributed by atoms with E-state index in [9.17, 15) is 4.79 Å². The van der Waals surface area contributed by atoms with Crippen molar-refractivity contribution in [1.29, 1.82) is 0 Å². The van der Waals surface area contributed by atoms with Crippen molar-refractivity contribution in [2.75, 3.05) is 0 Å². The maximum atomic E-state index is 13.6. The van der Waals surface area contributed by atoms with Crippen molar-refractivity contribution < 1.29 is 9.53 Å². The van der Waals surface area contributed by atoms with Crippen molar-refractivity contribution >= 4 is 40.1 Å². The predicted octanol–water partition coefficient (Wildman–Crippen LogP) is 9.37. The third-order valence-electron chi connectivity index (χ3n) is 6.96. The summed E-state index contributed by atoms with van der Waals surface area (Å²) < 4.78 is 5.88. The van der Waals surface area contributed by atoms with Crippen LogP contribution in [0.25, 0.3) is 22.2 Å². The number of carbonyl (C=O) groups is 1. The Kier molecular flexibility index (Phi) is 7.00. The van der Waals surface area contributed by atoms with Crippen LogP contribution in [0.3, 0.4) is 0 Å². The molecule has 0 atom stereocenters. The molecule has 190 valence electrons. The van der Waals surface area contributed by atoms with Gasteiger partial charge in [0.2, 0.25) is 0 Å². The molecule has 0 fully saturated rings. The minimum atomic E-state index is -0.455. The summed E-state index contributed by atoms with van der Waals surface area (Å²) in [6.07, 6.45) is 0. The topological polar surface area (TPSA) is 39.2 Å². The lowest BCUT2D eigenvalue weighted by Gasteiger charge is -2.26. The molecule has 0 aliphatic heterocycles. The Hall–Kier alpha value is -3.66. The number of carbonyl (C=O) groups excluding carboxylic acids is 1. The second-order valence-corrected chi connectivity index (χ2v) is 10.9. The minimum absolute atomic E-state index is 0.188. The Bertz CT molecular complexity index is 1660. The lowest BCUT2D eigenvalue weighted by Crippen LogP contribution is -2.18. The fourth-order valence-corrected chi connectivity index (χ4v) is 5.31. The van der Waals surface area contributed by atoms with Crippen molar-refractivity contribution in [2.45, 2.75) is 33.1 Å². The normalized spacial score (nSPS) is 11.5. The van der Waals surface area contributed by atoms with Crippen LogP contribution in [0, 0.1) is 13.8 Å². The van der Waals surface area contributed by atoms with Gasteiger partial charge in [-0.2, -0.15) is 0 Å². The molecule has 3 nitrogen and oxygen atoms in total. The van der Waals surface area contributed by atoms with E-state index < -0.39 is 5.97 Å². The smallest absolute Gasteiger partial charge is 0.344 e. The van der Waals surface area contributed by atoms with Crippen molar-refractivity contribution in [3.63, 3.8) is 0 Å². The standard InChI is InChI=1S/C33H27Cl2NO2/c1-20-16-21(2)31-27(17-20)28(19-30(36-31)26-15-12-24(34)18-29(26)35)32(37)38-25-13-10-23(11-14-25)33(3,4)22-8-6-5-7-9-22/h5-19H,1-4H3. The largest absolute Gasteiger partial charge is 0.423 e. The summed E-state index contributed by atoms with van der Waals surface area (Å²) in [4.78, 5) is 18.4. The number of aromatic nitrogens is 1. The third-order valence-corrected chi connectivity index (χ3v) is 7.51. The van der Waals surface area contributed by atoms with E-state index in [4.69, 9.17) is 32.9 Å². The van der Waals surface area contributed by atoms with Gasteiger partial charge in [-0.05, 0) is 73.0 Å². The summed E-state index contributed by atoms with van der Waals surface area (Å²) in [5.74, 6) is 0.0202. The molecule has 0 aliphatic carbocycles. The van der Waals surface area contributed by atoms with Crippen LogP contribution in [0.5, 0.6) is 5.75 Å². The molecule has 0 unspecified atom stereocenters. The molecule has 0 aliphatic rings. The number of aryl methyl sites for hydroxylation is 2. The summed E-state index contributed by atoms with van der Waals surface area (Å²) in [5.41, 5.74) is 6.59. The predicted molar refractivity (Wildman–Crippen MR) is 157 cm³/mol. The Morgan fingerprint density at radius 3 is 2.18 bits per heavy atom. The monoisotopic (exact) mass is 539 g/mol. The molecule has 38 heavy (non-hydrogen) atoms. The molecule has 0 saturated carbocycles. The molecule has 1 heterocycles. The van der Waals surface area contributed by atoms with E-state index in [0.717, 1.165) is 27.6 Å². The van der Waals surface area contributed by atoms with Gasteiger partial charge in [-0.25, -0.2) is 9.78 Å². The molecular formula is C33H27Cl2NO2. The first-order valence-electron chi connectivity index (χ1n) is 12.4. The Morgan fingerprint density at radius 2 is 1.50 bits per heavy atom. The van der Waals surface area contributed by atoms with Gasteiger partial charge in [0.15, 0.2) is 0 Å². The number of fused-ring (bicyclic) bond motifs is 1. The first-order chi connectivity index (χ1) is 18.1. The van der Waals surface area contributed by atoms with Crippen LogP contribution in [0.2, 0.25) is 10.0 Å². The highest BCUT2D eigenvalue weighted by Crippen LogP contribution is 2.35. The molecule has 5 heteroatoms. The second kappa shape index (κ2) is 10.2. The van der Waals surface area contributed by atoms with Crippen LogP contribution in [-0.2, 0) is 5.41 Å². The SMILES string of the molecule is Cc1cc(C)c2nc(-c3ccc(Cl)cc3Cl)cc(C(=O)Oc3ccc(C(C)(C)c4ccccc4)cc3)c2c1. The highest BCUT2D eigenvalue weighted by Gasteiger charge is 2.23. The van der Waals surface area contributed by atoms with Gasteiger partial charge in [0.1, 0.15) is 5.75 Å². The Labute approximate surface area is 233 Å². The number of nitrogens with zero attached hydrogens (tertiary/aromatic N) is 1. The van der Waals surface area contributed by atoms with Crippen molar-refractivity contribution in [3.05, 3.63) is 129 Å². The van der Waals surface area contributed by atoms with Crippen molar-refractivity contribution in [1.82, 2.24) is 4.98 Å². The molecular weight excluding hydrogens is 513 g/mol. The van der Waals surface area contributed by atoms with Crippen LogP contribution < -0.4 is 4.74 Å². The van der Waals surface area contributed by atoms with Gasteiger partial charge >= 0.3 is 5.97 Å². The molecule has 0 spiro atoms. The third kappa shape index (κ3) is 5.05. The zero-order chi connectivity index (χ0) is 27.0. The molecule has 0 saturated heterocycles. The zero-order valence-electron chi connectivity index (χ0n) is 21.7. The quantitative estimate of drug-likeness (QED) is 0.165. The second-order valence-electron chi connectivity index (χ2n) is 10.1. The number of ether oxygens (including phenoxy) is 1. The van der Waals surface area contributed by atoms with Gasteiger partial charge in [-0.1, -0.05) is 91.1 Å². The van der Waals surface area contributed by atoms with E-state index >= 15 is 0 Å². The molecule has 1 aromatic heterocycles. The van der Waals surface area contributed by atoms with Gasteiger partial charge in [0.05, 0.1) is 21.8 Å². The van der Waals surface area contributed by atoms with Gasteiger partial charge in [0, 0.05) is 21.4 Å². The number of esters is 1. The van der Waals surface area contributed by atoms with E-state index in [1.165, 1.54) is 5.56 Å². The average Bonchev–Trinajstić information content (AvgIpc) is 2.89. The Morgan fingerprint density at radius 1 is 0.816 bits per heavy atom. The molecule has 0 bridgehead atoms. The molecule has 5 aromatic rings. The number of hydrogen-bond acceptors (Lipinski definition) is 3. The van der Waals surface area contributed by atoms with E-state index in [-0.39, 0.29) is 5.41 Å². The fraction of sp³-hybridized carbons (Fsp3) is 0.152. The van der Waals surface area contributed by atoms with Crippen molar-refractivity contribution in [3.8, 4) is 17.0 Å². The molecule has 4 aromatic carbocycles. The summed E-state index contributed by atoms with van der Waals surface area (Å²) in [6, 6.07) is 29.0. The molecule has 0 N–H and O–H groups in total. The highest BCUT2D eigenvalue weighted by molar-refractivity contribution is 6.36. The van der Waals surface area contributed by atoms with Gasteiger partial charge < -0.3 is 4.74 Å². The molecule has 5 rings (SSSR count). The maximum Gasteiger partial charge on any atom is 0.344 e. The summed E-state index contributed by atoms with van der Waals surface area (Å²) in [5, 5.41) is 1.73. The van der Waals surface area contributed by atoms with Crippen LogP contribution in [0.4, 0.5) is 0 Å². The first-order valence-corrected chi connectivity index (χ1v) is 13.1. The average molecular weight is 540 g/mol. The first kappa shape index (κ1) is 26.0. The number of rotatable bonds is 5. The fourth-order valence-electron chi connectivity index (χ4n) is 4.81. The zero-order valence-corrected chi connectivity index (χ0v) is 23.2. The van der Waals surface area contributed by atoms with E-state index in [0.29, 0.717) is 32.6 Å². The summed E-state index contributed by atoms with van der Waals surface area (Å²) in [6.45, 7) is 8.34. The van der Waals surface area contributed by atoms with Gasteiger partial charge in [-0.15, -0.1) is 0 Å². The van der Waals surface area contributed by atoms with Crippen molar-refractivity contribution in [2.24, 2.45) is 0 Å². The van der Waals surface area contributed by atoms with Crippen LogP contribution in [-0.4, -0.2) is 11.0 Å². The lowest BCUT2D eigenvalue weighted by atomic mass is 9.78. The number of halogens is 2. The maximum absolute atomic E-state index is 13.6. The lowest BCUT2D eigenvalue weighted by molar-refractivity contribution is 0.0736. The van der Waals surface area contributed by atoms with E-state index in [1.54, 1.807) is 18.2 Å². The highest BCUT2D eigenvalue weighted by atomic mass is 35.5. The number of pyridine rings is 1. The Balaban J connectivity index is 1.52. The number of benzene rings is 4. The van der Waals surface area contributed by atoms with E-state index in [2.05, 4.69) is 26.0 Å². The molecule has 0 radical (unpaired) electrons. The van der Waals surface area contributed by atoms with E-state index in [1.807, 2.05) is 74.5 Å². The summed E-state index contributed by atoms with van der Waals surface area (Å²) in [7, 11) is 0. The van der Waals surface area contributed by atoms with Gasteiger partial charge in [-0.3, -0.25) is 0 Å².